The van der Waals surface area contributed by atoms with Gasteiger partial charge in [0.2, 0.25) is 5.91 Å². The normalized spacial score (nSPS) is 21.5. The van der Waals surface area contributed by atoms with E-state index in [-0.39, 0.29) is 11.9 Å². The Morgan fingerprint density at radius 1 is 1.23 bits per heavy atom. The van der Waals surface area contributed by atoms with Crippen LogP contribution < -0.4 is 15.5 Å². The Kier molecular flexibility index (Phi) is 6.72. The number of H-pyrrole nitrogens is 1. The number of amides is 1. The van der Waals surface area contributed by atoms with E-state index in [1.807, 2.05) is 24.5 Å². The molecular formula is C27H31N7O. The molecule has 0 bridgehead atoms. The van der Waals surface area contributed by atoms with E-state index >= 15 is 0 Å². The van der Waals surface area contributed by atoms with Crippen LogP contribution in [0.15, 0.2) is 66.9 Å². The van der Waals surface area contributed by atoms with Crippen LogP contribution in [0.1, 0.15) is 31.2 Å². The standard InChI is InChI=1S/C27H31N7O/c1-18-11-22(33-27(35)24-8-6-9-28-24)7-4-3-5-10-34(16-18)26-23-13-20(21-14-31-32-15-21)12-19(2)25(23)29-17-30-26/h4,7,11-15,17,24,28H,1,3,5-6,8-10,16H2,2H3,(H,31,32)(H,33,35)/b7-4-,22-11+/t24-/m1/s1. The van der Waals surface area contributed by atoms with Gasteiger partial charge in [0.15, 0.2) is 0 Å². The Balaban J connectivity index is 1.44. The molecule has 1 amide bonds. The Morgan fingerprint density at radius 2 is 2.14 bits per heavy atom. The molecule has 0 aliphatic carbocycles. The fourth-order valence-corrected chi connectivity index (χ4v) is 4.80. The Labute approximate surface area is 205 Å². The van der Waals surface area contributed by atoms with Crippen molar-refractivity contribution in [2.75, 3.05) is 24.5 Å². The lowest BCUT2D eigenvalue weighted by atomic mass is 10.0. The minimum atomic E-state index is -0.121. The van der Waals surface area contributed by atoms with Gasteiger partial charge in [-0.3, -0.25) is 9.89 Å². The number of nitrogens with zero attached hydrogens (tertiary/aromatic N) is 4. The van der Waals surface area contributed by atoms with Crippen LogP contribution in [0.2, 0.25) is 0 Å². The molecule has 1 saturated heterocycles. The molecule has 0 radical (unpaired) electrons. The summed E-state index contributed by atoms with van der Waals surface area (Å²) < 4.78 is 0. The van der Waals surface area contributed by atoms with E-state index in [2.05, 4.69) is 62.4 Å². The van der Waals surface area contributed by atoms with E-state index in [1.54, 1.807) is 6.33 Å². The van der Waals surface area contributed by atoms with Crippen LogP contribution in [-0.2, 0) is 4.79 Å². The van der Waals surface area contributed by atoms with Crippen LogP contribution in [-0.4, -0.2) is 51.7 Å². The largest absolute Gasteiger partial charge is 0.352 e. The van der Waals surface area contributed by atoms with Gasteiger partial charge in [-0.2, -0.15) is 5.10 Å². The summed E-state index contributed by atoms with van der Waals surface area (Å²) in [4.78, 5) is 24.2. The van der Waals surface area contributed by atoms with E-state index in [9.17, 15) is 4.79 Å². The van der Waals surface area contributed by atoms with Crippen LogP contribution in [0.5, 0.6) is 0 Å². The minimum Gasteiger partial charge on any atom is -0.352 e. The number of hydrogen-bond donors (Lipinski definition) is 3. The number of aryl methyl sites for hydroxylation is 1. The van der Waals surface area contributed by atoms with E-state index in [0.717, 1.165) is 83.5 Å². The van der Waals surface area contributed by atoms with Crippen molar-refractivity contribution in [3.05, 3.63) is 72.5 Å². The highest BCUT2D eigenvalue weighted by molar-refractivity contribution is 5.95. The maximum absolute atomic E-state index is 12.7. The first kappa shape index (κ1) is 23.0. The fraction of sp³-hybridized carbons (Fsp3) is 0.333. The lowest BCUT2D eigenvalue weighted by molar-refractivity contribution is -0.122. The zero-order valence-electron chi connectivity index (χ0n) is 20.1. The highest BCUT2D eigenvalue weighted by atomic mass is 16.2. The predicted octanol–water partition coefficient (Wildman–Crippen LogP) is 3.79. The third-order valence-corrected chi connectivity index (χ3v) is 6.53. The molecule has 5 rings (SSSR count). The lowest BCUT2D eigenvalue weighted by Gasteiger charge is -2.26. The summed E-state index contributed by atoms with van der Waals surface area (Å²) >= 11 is 0. The van der Waals surface area contributed by atoms with Crippen LogP contribution in [0, 0.1) is 6.92 Å². The number of nitrogens with one attached hydrogen (secondary N) is 3. The van der Waals surface area contributed by atoms with Crippen molar-refractivity contribution >= 4 is 22.6 Å². The number of carbonyl (C=O) groups is 1. The summed E-state index contributed by atoms with van der Waals surface area (Å²) in [7, 11) is 0. The molecule has 180 valence electrons. The second-order valence-corrected chi connectivity index (χ2v) is 9.24. The molecule has 1 fully saturated rings. The number of allylic oxidation sites excluding steroid dienone is 2. The first-order valence-corrected chi connectivity index (χ1v) is 12.2. The molecule has 2 aliphatic rings. The number of fused-ring (bicyclic) bond motifs is 1. The Bertz CT molecular complexity index is 1290. The number of aromatic amines is 1. The highest BCUT2D eigenvalue weighted by Gasteiger charge is 2.22. The van der Waals surface area contributed by atoms with E-state index in [1.165, 1.54) is 0 Å². The molecule has 0 unspecified atom stereocenters. The van der Waals surface area contributed by atoms with Gasteiger partial charge < -0.3 is 15.5 Å². The second kappa shape index (κ2) is 10.2. The minimum absolute atomic E-state index is 0.0177. The Morgan fingerprint density at radius 3 is 2.94 bits per heavy atom. The lowest BCUT2D eigenvalue weighted by Crippen LogP contribution is -2.39. The molecule has 0 saturated carbocycles. The van der Waals surface area contributed by atoms with Gasteiger partial charge in [0.05, 0.1) is 17.8 Å². The van der Waals surface area contributed by atoms with Gasteiger partial charge in [-0.1, -0.05) is 12.7 Å². The molecule has 8 heteroatoms. The third kappa shape index (κ3) is 5.17. The molecule has 35 heavy (non-hydrogen) atoms. The Hall–Kier alpha value is -3.78. The van der Waals surface area contributed by atoms with Crippen LogP contribution >= 0.6 is 0 Å². The maximum atomic E-state index is 12.7. The van der Waals surface area contributed by atoms with E-state index < -0.39 is 0 Å². The summed E-state index contributed by atoms with van der Waals surface area (Å²) in [5, 5.41) is 14.3. The summed E-state index contributed by atoms with van der Waals surface area (Å²) in [6.07, 6.45) is 15.2. The van der Waals surface area contributed by atoms with Gasteiger partial charge in [-0.15, -0.1) is 0 Å². The molecule has 3 N–H and O–H groups in total. The van der Waals surface area contributed by atoms with Crippen molar-refractivity contribution in [2.24, 2.45) is 0 Å². The van der Waals surface area contributed by atoms with Crippen LogP contribution in [0.4, 0.5) is 5.82 Å². The zero-order valence-corrected chi connectivity index (χ0v) is 20.1. The number of aromatic nitrogens is 4. The van der Waals surface area contributed by atoms with Crippen molar-refractivity contribution < 1.29 is 4.79 Å². The molecule has 2 aromatic heterocycles. The molecule has 4 heterocycles. The number of rotatable bonds is 4. The first-order valence-electron chi connectivity index (χ1n) is 12.2. The summed E-state index contributed by atoms with van der Waals surface area (Å²) in [5.74, 6) is 0.910. The fourth-order valence-electron chi connectivity index (χ4n) is 4.80. The summed E-state index contributed by atoms with van der Waals surface area (Å²) in [6.45, 7) is 8.71. The quantitative estimate of drug-likeness (QED) is 0.538. The van der Waals surface area contributed by atoms with Crippen molar-refractivity contribution in [1.29, 1.82) is 0 Å². The maximum Gasteiger partial charge on any atom is 0.241 e. The number of hydrogen-bond acceptors (Lipinski definition) is 6. The molecule has 2 aliphatic heterocycles. The van der Waals surface area contributed by atoms with Gasteiger partial charge in [0, 0.05) is 35.9 Å². The van der Waals surface area contributed by atoms with E-state index in [4.69, 9.17) is 4.98 Å². The van der Waals surface area contributed by atoms with Crippen molar-refractivity contribution in [1.82, 2.24) is 30.8 Å². The molecule has 8 nitrogen and oxygen atoms in total. The molecule has 0 spiro atoms. The van der Waals surface area contributed by atoms with Crippen LogP contribution in [0.25, 0.3) is 22.0 Å². The number of benzene rings is 1. The molecular weight excluding hydrogens is 438 g/mol. The monoisotopic (exact) mass is 469 g/mol. The average Bonchev–Trinajstić information content (AvgIpc) is 3.57. The molecule has 1 atom stereocenters. The smallest absolute Gasteiger partial charge is 0.241 e. The SMILES string of the molecule is C=C1/C=C(NC(=O)[C@H]2CCCN2)\C=C/CCCN(c2ncnc3c(C)cc(-c4cn[nH]c4)cc23)C1. The number of anilines is 1. The van der Waals surface area contributed by atoms with Gasteiger partial charge >= 0.3 is 0 Å². The van der Waals surface area contributed by atoms with Gasteiger partial charge in [-0.05, 0) is 80.1 Å². The van der Waals surface area contributed by atoms with Crippen LogP contribution in [0.3, 0.4) is 0 Å². The van der Waals surface area contributed by atoms with E-state index in [0.29, 0.717) is 6.54 Å². The van der Waals surface area contributed by atoms with Crippen molar-refractivity contribution in [3.63, 3.8) is 0 Å². The number of carbonyl (C=O) groups excluding carboxylic acids is 1. The predicted molar refractivity (Wildman–Crippen MR) is 139 cm³/mol. The molecule has 1 aromatic carbocycles. The second-order valence-electron chi connectivity index (χ2n) is 9.24. The topological polar surface area (TPSA) is 98.8 Å². The van der Waals surface area contributed by atoms with Gasteiger partial charge in [-0.25, -0.2) is 9.97 Å². The molecule has 3 aromatic rings. The third-order valence-electron chi connectivity index (χ3n) is 6.53. The summed E-state index contributed by atoms with van der Waals surface area (Å²) in [6, 6.07) is 4.15. The zero-order chi connectivity index (χ0) is 24.2. The first-order chi connectivity index (χ1) is 17.1. The summed E-state index contributed by atoms with van der Waals surface area (Å²) in [5.41, 5.74) is 5.82. The van der Waals surface area contributed by atoms with Crippen molar-refractivity contribution in [3.8, 4) is 11.1 Å². The average molecular weight is 470 g/mol. The van der Waals surface area contributed by atoms with Gasteiger partial charge in [0.25, 0.3) is 0 Å². The van der Waals surface area contributed by atoms with Crippen molar-refractivity contribution in [2.45, 2.75) is 38.6 Å². The highest BCUT2D eigenvalue weighted by Crippen LogP contribution is 2.31. The van der Waals surface area contributed by atoms with Gasteiger partial charge in [0.1, 0.15) is 12.1 Å².